The molecule has 0 unspecified atom stereocenters. The molecule has 0 aromatic carbocycles. The van der Waals surface area contributed by atoms with Crippen LogP contribution in [0, 0.1) is 12.8 Å². The molecule has 0 amide bonds. The molecule has 0 bridgehead atoms. The van der Waals surface area contributed by atoms with Crippen LogP contribution in [0.5, 0.6) is 5.88 Å². The van der Waals surface area contributed by atoms with E-state index in [9.17, 15) is 0 Å². The van der Waals surface area contributed by atoms with E-state index in [1.807, 2.05) is 13.0 Å². The Kier molecular flexibility index (Phi) is 5.15. The van der Waals surface area contributed by atoms with Gasteiger partial charge in [-0.25, -0.2) is 4.98 Å². The lowest BCUT2D eigenvalue weighted by molar-refractivity contribution is 0.260. The number of nitrogens with one attached hydrogen (secondary N) is 1. The van der Waals surface area contributed by atoms with Gasteiger partial charge in [0.25, 0.3) is 0 Å². The van der Waals surface area contributed by atoms with Crippen LogP contribution < -0.4 is 10.1 Å². The summed E-state index contributed by atoms with van der Waals surface area (Å²) in [5, 5.41) is 3.47. The highest BCUT2D eigenvalue weighted by atomic mass is 16.5. The van der Waals surface area contributed by atoms with Gasteiger partial charge in [0, 0.05) is 23.8 Å². The molecule has 102 valence electrons. The van der Waals surface area contributed by atoms with Crippen molar-refractivity contribution in [3.63, 3.8) is 0 Å². The molecular formula is C15H26N2O. The van der Waals surface area contributed by atoms with E-state index >= 15 is 0 Å². The first-order chi connectivity index (χ1) is 8.28. The topological polar surface area (TPSA) is 34.1 Å². The second kappa shape index (κ2) is 6.19. The summed E-state index contributed by atoms with van der Waals surface area (Å²) in [6, 6.07) is 4.05. The molecule has 1 aromatic rings. The number of pyridine rings is 1. The maximum absolute atomic E-state index is 5.62. The van der Waals surface area contributed by atoms with Crippen LogP contribution >= 0.6 is 0 Å². The summed E-state index contributed by atoms with van der Waals surface area (Å²) in [6.07, 6.45) is 0. The molecule has 0 radical (unpaired) electrons. The predicted octanol–water partition coefficient (Wildman–Crippen LogP) is 3.31. The fourth-order valence-corrected chi connectivity index (χ4v) is 1.45. The first kappa shape index (κ1) is 15.0. The molecule has 3 nitrogen and oxygen atoms in total. The number of hydrogen-bond acceptors (Lipinski definition) is 3. The Morgan fingerprint density at radius 1 is 1.28 bits per heavy atom. The number of nitrogens with zero attached hydrogens (tertiary/aromatic N) is 1. The van der Waals surface area contributed by atoms with E-state index in [-0.39, 0.29) is 5.54 Å². The van der Waals surface area contributed by atoms with Gasteiger partial charge in [-0.05, 0) is 39.2 Å². The number of aromatic nitrogens is 1. The minimum atomic E-state index is 0.124. The van der Waals surface area contributed by atoms with E-state index in [1.165, 1.54) is 5.56 Å². The zero-order chi connectivity index (χ0) is 13.8. The molecule has 0 atom stereocenters. The van der Waals surface area contributed by atoms with Crippen molar-refractivity contribution in [1.82, 2.24) is 10.3 Å². The minimum absolute atomic E-state index is 0.124. The molecule has 0 fully saturated rings. The molecule has 0 aliphatic carbocycles. The van der Waals surface area contributed by atoms with Crippen molar-refractivity contribution >= 4 is 0 Å². The zero-order valence-corrected chi connectivity index (χ0v) is 12.5. The van der Waals surface area contributed by atoms with Gasteiger partial charge in [-0.3, -0.25) is 0 Å². The lowest BCUT2D eigenvalue weighted by Crippen LogP contribution is -2.35. The third-order valence-electron chi connectivity index (χ3n) is 2.54. The zero-order valence-electron chi connectivity index (χ0n) is 12.5. The summed E-state index contributed by atoms with van der Waals surface area (Å²) in [4.78, 5) is 4.48. The van der Waals surface area contributed by atoms with Crippen molar-refractivity contribution in [3.05, 3.63) is 23.4 Å². The second-order valence-electron chi connectivity index (χ2n) is 6.20. The summed E-state index contributed by atoms with van der Waals surface area (Å²) < 4.78 is 5.62. The van der Waals surface area contributed by atoms with E-state index in [1.54, 1.807) is 0 Å². The van der Waals surface area contributed by atoms with Gasteiger partial charge in [-0.15, -0.1) is 0 Å². The van der Waals surface area contributed by atoms with Crippen LogP contribution in [0.25, 0.3) is 0 Å². The molecular weight excluding hydrogens is 224 g/mol. The molecule has 18 heavy (non-hydrogen) atoms. The molecule has 0 saturated carbocycles. The number of rotatable bonds is 5. The van der Waals surface area contributed by atoms with Gasteiger partial charge in [-0.2, -0.15) is 0 Å². The molecule has 0 aliphatic heterocycles. The van der Waals surface area contributed by atoms with E-state index in [2.05, 4.69) is 51.0 Å². The quantitative estimate of drug-likeness (QED) is 0.870. The molecule has 1 heterocycles. The molecule has 0 spiro atoms. The van der Waals surface area contributed by atoms with Gasteiger partial charge in [-0.1, -0.05) is 19.9 Å². The Morgan fingerprint density at radius 2 is 1.94 bits per heavy atom. The Bertz CT molecular complexity index is 381. The second-order valence-corrected chi connectivity index (χ2v) is 6.20. The van der Waals surface area contributed by atoms with Crippen LogP contribution in [0.15, 0.2) is 12.1 Å². The largest absolute Gasteiger partial charge is 0.477 e. The lowest BCUT2D eigenvalue weighted by Gasteiger charge is -2.21. The highest BCUT2D eigenvalue weighted by Gasteiger charge is 2.10. The monoisotopic (exact) mass is 250 g/mol. The van der Waals surface area contributed by atoms with Gasteiger partial charge in [0.1, 0.15) is 0 Å². The number of hydrogen-bond donors (Lipinski definition) is 1. The van der Waals surface area contributed by atoms with Crippen molar-refractivity contribution in [2.24, 2.45) is 5.92 Å². The Morgan fingerprint density at radius 3 is 2.44 bits per heavy atom. The van der Waals surface area contributed by atoms with Crippen molar-refractivity contribution in [1.29, 1.82) is 0 Å². The van der Waals surface area contributed by atoms with Crippen LogP contribution in [0.1, 0.15) is 45.9 Å². The third-order valence-corrected chi connectivity index (χ3v) is 2.54. The fourth-order valence-electron chi connectivity index (χ4n) is 1.45. The highest BCUT2D eigenvalue weighted by Crippen LogP contribution is 2.14. The molecule has 1 rings (SSSR count). The van der Waals surface area contributed by atoms with Crippen LogP contribution in [-0.4, -0.2) is 17.1 Å². The lowest BCUT2D eigenvalue weighted by atomic mass is 10.1. The number of ether oxygens (including phenoxy) is 1. The van der Waals surface area contributed by atoms with Gasteiger partial charge in [0.2, 0.25) is 5.88 Å². The molecule has 0 aliphatic rings. The Balaban J connectivity index is 2.62. The highest BCUT2D eigenvalue weighted by molar-refractivity contribution is 5.25. The van der Waals surface area contributed by atoms with E-state index in [0.29, 0.717) is 12.5 Å². The normalized spacial score (nSPS) is 11.9. The van der Waals surface area contributed by atoms with Gasteiger partial charge in [0.15, 0.2) is 0 Å². The molecule has 1 N–H and O–H groups in total. The van der Waals surface area contributed by atoms with E-state index in [0.717, 1.165) is 18.1 Å². The fraction of sp³-hybridized carbons (Fsp3) is 0.667. The maximum Gasteiger partial charge on any atom is 0.213 e. The summed E-state index contributed by atoms with van der Waals surface area (Å²) in [5.41, 5.74) is 2.38. The van der Waals surface area contributed by atoms with Crippen LogP contribution in [0.2, 0.25) is 0 Å². The standard InChI is InChI=1S/C15H26N2O/c1-11(2)10-18-14-8-7-13(12(3)17-14)9-16-15(4,5)6/h7-8,11,16H,9-10H2,1-6H3. The summed E-state index contributed by atoms with van der Waals surface area (Å²) >= 11 is 0. The number of aryl methyl sites for hydroxylation is 1. The minimum Gasteiger partial charge on any atom is -0.477 e. The van der Waals surface area contributed by atoms with E-state index < -0.39 is 0 Å². The van der Waals surface area contributed by atoms with Crippen LogP contribution in [0.4, 0.5) is 0 Å². The average molecular weight is 250 g/mol. The van der Waals surface area contributed by atoms with Crippen molar-refractivity contribution in [2.75, 3.05) is 6.61 Å². The van der Waals surface area contributed by atoms with Crippen molar-refractivity contribution in [3.8, 4) is 5.88 Å². The van der Waals surface area contributed by atoms with Crippen molar-refractivity contribution in [2.45, 2.75) is 53.6 Å². The predicted molar refractivity (Wildman–Crippen MR) is 75.9 cm³/mol. The SMILES string of the molecule is Cc1nc(OCC(C)C)ccc1CNC(C)(C)C. The first-order valence-corrected chi connectivity index (χ1v) is 6.62. The summed E-state index contributed by atoms with van der Waals surface area (Å²) in [7, 11) is 0. The first-order valence-electron chi connectivity index (χ1n) is 6.62. The van der Waals surface area contributed by atoms with Gasteiger partial charge < -0.3 is 10.1 Å². The average Bonchev–Trinajstić information content (AvgIpc) is 2.23. The molecule has 1 aromatic heterocycles. The Labute approximate surface area is 111 Å². The summed E-state index contributed by atoms with van der Waals surface area (Å²) in [6.45, 7) is 14.3. The Hall–Kier alpha value is -1.09. The van der Waals surface area contributed by atoms with Crippen molar-refractivity contribution < 1.29 is 4.74 Å². The van der Waals surface area contributed by atoms with Crippen LogP contribution in [0.3, 0.4) is 0 Å². The third kappa shape index (κ3) is 5.50. The summed E-state index contributed by atoms with van der Waals surface area (Å²) in [5.74, 6) is 1.25. The van der Waals surface area contributed by atoms with Gasteiger partial charge in [0.05, 0.1) is 6.61 Å². The van der Waals surface area contributed by atoms with Gasteiger partial charge >= 0.3 is 0 Å². The smallest absolute Gasteiger partial charge is 0.213 e. The maximum atomic E-state index is 5.62. The van der Waals surface area contributed by atoms with E-state index in [4.69, 9.17) is 4.74 Å². The molecule has 3 heteroatoms. The molecule has 0 saturated heterocycles. The van der Waals surface area contributed by atoms with Crippen LogP contribution in [-0.2, 0) is 6.54 Å².